The minimum Gasteiger partial charge on any atom is -0.349 e. The van der Waals surface area contributed by atoms with Crippen LogP contribution in [0.3, 0.4) is 0 Å². The molecule has 1 rings (SSSR count). The van der Waals surface area contributed by atoms with Gasteiger partial charge in [-0.2, -0.15) is 0 Å². The molecule has 1 saturated heterocycles. The van der Waals surface area contributed by atoms with Gasteiger partial charge in [-0.1, -0.05) is 0 Å². The first-order valence-corrected chi connectivity index (χ1v) is 6.30. The second kappa shape index (κ2) is 7.27. The monoisotopic (exact) mass is 241 g/mol. The molecular weight excluding hydrogens is 218 g/mol. The Labute approximate surface area is 103 Å². The van der Waals surface area contributed by atoms with Crippen LogP contribution in [0.4, 0.5) is 0 Å². The van der Waals surface area contributed by atoms with Crippen molar-refractivity contribution in [2.45, 2.75) is 25.7 Å². The Balaban J connectivity index is 2.09. The zero-order valence-electron chi connectivity index (χ0n) is 10.9. The molecule has 0 radical (unpaired) electrons. The molecule has 0 unspecified atom stereocenters. The highest BCUT2D eigenvalue weighted by Crippen LogP contribution is 2.08. The van der Waals surface area contributed by atoms with Gasteiger partial charge in [-0.3, -0.25) is 9.59 Å². The summed E-state index contributed by atoms with van der Waals surface area (Å²) < 4.78 is 0. The number of hydrogen-bond donors (Lipinski definition) is 1. The van der Waals surface area contributed by atoms with Gasteiger partial charge in [0.25, 0.3) is 0 Å². The lowest BCUT2D eigenvalue weighted by Crippen LogP contribution is -2.41. The van der Waals surface area contributed by atoms with Crippen LogP contribution in [0.5, 0.6) is 0 Å². The molecule has 1 N–H and O–H groups in total. The molecule has 5 heteroatoms. The van der Waals surface area contributed by atoms with Crippen LogP contribution in [-0.2, 0) is 9.59 Å². The molecule has 1 aliphatic rings. The van der Waals surface area contributed by atoms with E-state index in [4.69, 9.17) is 0 Å². The van der Waals surface area contributed by atoms with Crippen molar-refractivity contribution in [2.24, 2.45) is 0 Å². The Kier molecular flexibility index (Phi) is 5.97. The van der Waals surface area contributed by atoms with Gasteiger partial charge in [-0.05, 0) is 19.3 Å². The summed E-state index contributed by atoms with van der Waals surface area (Å²) in [5.74, 6) is 0.241. The van der Waals surface area contributed by atoms with E-state index in [1.165, 1.54) is 6.42 Å². The lowest BCUT2D eigenvalue weighted by Gasteiger charge is -2.26. The fraction of sp³-hybridized carbons (Fsp3) is 0.833. The normalized spacial score (nSPS) is 15.8. The van der Waals surface area contributed by atoms with E-state index in [1.807, 2.05) is 4.90 Å². The smallest absolute Gasteiger partial charge is 0.236 e. The first-order chi connectivity index (χ1) is 8.11. The molecule has 1 aliphatic heterocycles. The number of carbonyl (C=O) groups is 2. The summed E-state index contributed by atoms with van der Waals surface area (Å²) in [6.45, 7) is 2.69. The zero-order chi connectivity index (χ0) is 12.7. The van der Waals surface area contributed by atoms with E-state index in [0.717, 1.165) is 25.9 Å². The average Bonchev–Trinajstić information content (AvgIpc) is 2.35. The van der Waals surface area contributed by atoms with Gasteiger partial charge in [0.1, 0.15) is 0 Å². The predicted molar refractivity (Wildman–Crippen MR) is 66.6 cm³/mol. The van der Waals surface area contributed by atoms with Crippen LogP contribution in [0.2, 0.25) is 0 Å². The third-order valence-electron chi connectivity index (χ3n) is 3.00. The second-order valence-corrected chi connectivity index (χ2v) is 4.66. The highest BCUT2D eigenvalue weighted by atomic mass is 16.2. The van der Waals surface area contributed by atoms with E-state index in [2.05, 4.69) is 5.32 Å². The third-order valence-corrected chi connectivity index (χ3v) is 3.00. The van der Waals surface area contributed by atoms with Crippen LogP contribution >= 0.6 is 0 Å². The molecule has 98 valence electrons. The number of hydrogen-bond acceptors (Lipinski definition) is 3. The summed E-state index contributed by atoms with van der Waals surface area (Å²) in [4.78, 5) is 26.5. The number of piperidine rings is 1. The molecule has 0 saturated carbocycles. The van der Waals surface area contributed by atoms with Gasteiger partial charge < -0.3 is 15.1 Å². The number of nitrogens with one attached hydrogen (secondary N) is 1. The summed E-state index contributed by atoms with van der Waals surface area (Å²) in [5, 5.41) is 3.03. The Hall–Kier alpha value is -1.10. The number of amides is 2. The van der Waals surface area contributed by atoms with E-state index >= 15 is 0 Å². The van der Waals surface area contributed by atoms with Crippen LogP contribution < -0.4 is 5.32 Å². The van der Waals surface area contributed by atoms with Crippen molar-refractivity contribution in [1.29, 1.82) is 0 Å². The Bertz CT molecular complexity index is 260. The molecular formula is C12H23N3O2. The van der Waals surface area contributed by atoms with Crippen molar-refractivity contribution in [3.63, 3.8) is 0 Å². The number of carbonyl (C=O) groups excluding carboxylic acids is 2. The molecule has 1 heterocycles. The van der Waals surface area contributed by atoms with E-state index < -0.39 is 0 Å². The molecule has 0 aromatic rings. The molecule has 1 fully saturated rings. The Morgan fingerprint density at radius 1 is 1.18 bits per heavy atom. The van der Waals surface area contributed by atoms with Gasteiger partial charge in [0.05, 0.1) is 6.54 Å². The molecule has 0 aromatic heterocycles. The topological polar surface area (TPSA) is 52.7 Å². The number of nitrogens with zero attached hydrogens (tertiary/aromatic N) is 2. The molecule has 0 aliphatic carbocycles. The maximum Gasteiger partial charge on any atom is 0.236 e. The maximum absolute atomic E-state index is 11.7. The molecule has 0 atom stereocenters. The van der Waals surface area contributed by atoms with Crippen molar-refractivity contribution in [3.05, 3.63) is 0 Å². The highest BCUT2D eigenvalue weighted by molar-refractivity contribution is 5.78. The summed E-state index contributed by atoms with van der Waals surface area (Å²) in [6, 6.07) is 0. The van der Waals surface area contributed by atoms with E-state index in [9.17, 15) is 9.59 Å². The SMILES string of the molecule is CN(C)C(=O)CCNCC(=O)N1CCCCC1. The fourth-order valence-corrected chi connectivity index (χ4v) is 1.87. The van der Waals surface area contributed by atoms with Crippen molar-refractivity contribution in [2.75, 3.05) is 40.3 Å². The van der Waals surface area contributed by atoms with Gasteiger partial charge in [-0.25, -0.2) is 0 Å². The van der Waals surface area contributed by atoms with E-state index in [0.29, 0.717) is 19.5 Å². The summed E-state index contributed by atoms with van der Waals surface area (Å²) in [7, 11) is 3.47. The van der Waals surface area contributed by atoms with E-state index in [-0.39, 0.29) is 11.8 Å². The van der Waals surface area contributed by atoms with Gasteiger partial charge >= 0.3 is 0 Å². The molecule has 0 bridgehead atoms. The van der Waals surface area contributed by atoms with Crippen LogP contribution in [0.15, 0.2) is 0 Å². The minimum atomic E-state index is 0.0860. The van der Waals surface area contributed by atoms with Crippen LogP contribution in [-0.4, -0.2) is 61.9 Å². The fourth-order valence-electron chi connectivity index (χ4n) is 1.87. The van der Waals surface area contributed by atoms with Crippen LogP contribution in [0.1, 0.15) is 25.7 Å². The first-order valence-electron chi connectivity index (χ1n) is 6.30. The first kappa shape index (κ1) is 14.0. The maximum atomic E-state index is 11.7. The molecule has 5 nitrogen and oxygen atoms in total. The molecule has 17 heavy (non-hydrogen) atoms. The molecule has 0 aromatic carbocycles. The summed E-state index contributed by atoms with van der Waals surface area (Å²) in [6.07, 6.45) is 3.91. The highest BCUT2D eigenvalue weighted by Gasteiger charge is 2.15. The Morgan fingerprint density at radius 3 is 2.41 bits per heavy atom. The average molecular weight is 241 g/mol. The number of rotatable bonds is 5. The van der Waals surface area contributed by atoms with Gasteiger partial charge in [0.2, 0.25) is 11.8 Å². The van der Waals surface area contributed by atoms with Crippen molar-refractivity contribution < 1.29 is 9.59 Å². The largest absolute Gasteiger partial charge is 0.349 e. The lowest BCUT2D eigenvalue weighted by molar-refractivity contribution is -0.132. The second-order valence-electron chi connectivity index (χ2n) is 4.66. The van der Waals surface area contributed by atoms with E-state index in [1.54, 1.807) is 19.0 Å². The third kappa shape index (κ3) is 5.17. The van der Waals surface area contributed by atoms with Gasteiger partial charge in [0.15, 0.2) is 0 Å². The molecule has 0 spiro atoms. The number of likely N-dealkylation sites (tertiary alicyclic amines) is 1. The Morgan fingerprint density at radius 2 is 1.82 bits per heavy atom. The van der Waals surface area contributed by atoms with Crippen molar-refractivity contribution in [3.8, 4) is 0 Å². The quantitative estimate of drug-likeness (QED) is 0.693. The zero-order valence-corrected chi connectivity index (χ0v) is 10.9. The van der Waals surface area contributed by atoms with Crippen LogP contribution in [0, 0.1) is 0 Å². The van der Waals surface area contributed by atoms with Gasteiger partial charge in [-0.15, -0.1) is 0 Å². The van der Waals surface area contributed by atoms with Crippen LogP contribution in [0.25, 0.3) is 0 Å². The molecule has 2 amide bonds. The van der Waals surface area contributed by atoms with Crippen molar-refractivity contribution >= 4 is 11.8 Å². The summed E-state index contributed by atoms with van der Waals surface area (Å²) >= 11 is 0. The summed E-state index contributed by atoms with van der Waals surface area (Å²) in [5.41, 5.74) is 0. The van der Waals surface area contributed by atoms with Crippen molar-refractivity contribution in [1.82, 2.24) is 15.1 Å². The minimum absolute atomic E-state index is 0.0860. The lowest BCUT2D eigenvalue weighted by atomic mass is 10.1. The predicted octanol–water partition coefficient (Wildman–Crippen LogP) is 0.0668. The standard InChI is InChI=1S/C12H23N3O2/c1-14(2)11(16)6-7-13-10-12(17)15-8-4-3-5-9-15/h13H,3-10H2,1-2H3. The van der Waals surface area contributed by atoms with Gasteiger partial charge in [0, 0.05) is 40.2 Å².